The molecule has 0 aromatic heterocycles. The highest BCUT2D eigenvalue weighted by atomic mass is 16.5. The zero-order valence-electron chi connectivity index (χ0n) is 17.4. The van der Waals surface area contributed by atoms with Gasteiger partial charge in [-0.05, 0) is 60.4 Å². The Bertz CT molecular complexity index is 987. The molecular formula is C24H26N2O4. The number of amides is 1. The van der Waals surface area contributed by atoms with Crippen molar-refractivity contribution < 1.29 is 19.0 Å². The largest absolute Gasteiger partial charge is 0.497 e. The highest BCUT2D eigenvalue weighted by Gasteiger charge is 2.56. The molecule has 6 heteroatoms. The fraction of sp³-hybridized carbons (Fsp3) is 0.375. The first-order chi connectivity index (χ1) is 14.7. The maximum atomic E-state index is 12.9. The minimum absolute atomic E-state index is 0.00231. The van der Waals surface area contributed by atoms with Crippen LogP contribution in [-0.4, -0.2) is 45.4 Å². The van der Waals surface area contributed by atoms with Gasteiger partial charge in [0, 0.05) is 24.4 Å². The molecule has 6 nitrogen and oxygen atoms in total. The molecule has 0 spiro atoms. The van der Waals surface area contributed by atoms with E-state index in [2.05, 4.69) is 29.6 Å². The van der Waals surface area contributed by atoms with E-state index in [0.29, 0.717) is 11.8 Å². The number of fused-ring (bicyclic) bond motifs is 3. The van der Waals surface area contributed by atoms with Crippen molar-refractivity contribution in [3.05, 3.63) is 60.2 Å². The summed E-state index contributed by atoms with van der Waals surface area (Å²) in [5.74, 6) is 2.28. The van der Waals surface area contributed by atoms with E-state index in [-0.39, 0.29) is 18.0 Å². The lowest BCUT2D eigenvalue weighted by Crippen LogP contribution is -2.73. The molecule has 2 aliphatic heterocycles. The first-order valence-electron chi connectivity index (χ1n) is 10.3. The molecule has 1 amide bonds. The highest BCUT2D eigenvalue weighted by molar-refractivity contribution is 6.05. The molecule has 5 rings (SSSR count). The summed E-state index contributed by atoms with van der Waals surface area (Å²) in [6.07, 6.45) is 5.05. The third kappa shape index (κ3) is 2.78. The van der Waals surface area contributed by atoms with Crippen LogP contribution in [0.3, 0.4) is 0 Å². The number of hydrogen-bond donors (Lipinski definition) is 1. The van der Waals surface area contributed by atoms with Crippen molar-refractivity contribution in [3.8, 4) is 11.5 Å². The minimum atomic E-state index is -0.453. The molecule has 2 heterocycles. The molecule has 1 saturated heterocycles. The van der Waals surface area contributed by atoms with Crippen LogP contribution in [0.1, 0.15) is 17.9 Å². The smallest absolute Gasteiger partial charge is 0.258 e. The zero-order chi connectivity index (χ0) is 20.8. The first-order valence-corrected chi connectivity index (χ1v) is 10.3. The molecule has 30 heavy (non-hydrogen) atoms. The van der Waals surface area contributed by atoms with Gasteiger partial charge in [-0.1, -0.05) is 12.2 Å². The Morgan fingerprint density at radius 3 is 2.43 bits per heavy atom. The number of nitrogens with zero attached hydrogens (tertiary/aromatic N) is 1. The van der Waals surface area contributed by atoms with E-state index in [4.69, 9.17) is 14.2 Å². The summed E-state index contributed by atoms with van der Waals surface area (Å²) in [6.45, 7) is 0. The van der Waals surface area contributed by atoms with Crippen LogP contribution in [0.5, 0.6) is 11.5 Å². The molecule has 0 saturated carbocycles. The number of allylic oxidation sites excluding steroid dienone is 2. The van der Waals surface area contributed by atoms with Crippen LogP contribution >= 0.6 is 0 Å². The van der Waals surface area contributed by atoms with Crippen LogP contribution in [0.25, 0.3) is 0 Å². The lowest BCUT2D eigenvalue weighted by Gasteiger charge is -2.53. The van der Waals surface area contributed by atoms with E-state index < -0.39 is 6.10 Å². The standard InChI is InChI=1S/C24H26N2O4/c1-28-15-9-7-14(8-10-15)26-22(23(30-3)24(26)27)21-18-6-4-5-17(18)19-13-16(29-2)11-12-20(19)25-21/h4-5,7-13,17-18,21-23,25H,6H2,1-3H3/t17-,18+,21-,22-,23+/m0/s1. The zero-order valence-corrected chi connectivity index (χ0v) is 17.4. The Labute approximate surface area is 176 Å². The average Bonchev–Trinajstić information content (AvgIpc) is 3.28. The maximum absolute atomic E-state index is 12.9. The van der Waals surface area contributed by atoms with Crippen molar-refractivity contribution in [1.29, 1.82) is 0 Å². The second-order valence-electron chi connectivity index (χ2n) is 8.03. The fourth-order valence-electron chi connectivity index (χ4n) is 5.19. The van der Waals surface area contributed by atoms with E-state index in [1.807, 2.05) is 35.2 Å². The number of nitrogens with one attached hydrogen (secondary N) is 1. The average molecular weight is 406 g/mol. The van der Waals surface area contributed by atoms with Gasteiger partial charge in [-0.25, -0.2) is 0 Å². The lowest BCUT2D eigenvalue weighted by molar-refractivity contribution is -0.140. The number of anilines is 2. The number of carbonyl (C=O) groups excluding carboxylic acids is 1. The predicted octanol–water partition coefficient (Wildman–Crippen LogP) is 3.59. The van der Waals surface area contributed by atoms with Gasteiger partial charge in [0.15, 0.2) is 6.10 Å². The molecule has 1 aliphatic carbocycles. The Morgan fingerprint density at radius 2 is 1.73 bits per heavy atom. The van der Waals surface area contributed by atoms with E-state index in [1.54, 1.807) is 21.3 Å². The molecule has 2 aromatic rings. The number of carbonyl (C=O) groups is 1. The van der Waals surface area contributed by atoms with Gasteiger partial charge in [0.05, 0.1) is 26.3 Å². The van der Waals surface area contributed by atoms with Gasteiger partial charge in [0.1, 0.15) is 11.5 Å². The minimum Gasteiger partial charge on any atom is -0.497 e. The van der Waals surface area contributed by atoms with Gasteiger partial charge in [-0.3, -0.25) is 4.79 Å². The monoisotopic (exact) mass is 406 g/mol. The molecule has 0 bridgehead atoms. The van der Waals surface area contributed by atoms with Crippen LogP contribution in [-0.2, 0) is 9.53 Å². The van der Waals surface area contributed by atoms with Crippen LogP contribution in [0.2, 0.25) is 0 Å². The lowest BCUT2D eigenvalue weighted by atomic mass is 9.73. The van der Waals surface area contributed by atoms with Crippen molar-refractivity contribution in [1.82, 2.24) is 0 Å². The summed E-state index contributed by atoms with van der Waals surface area (Å²) in [6, 6.07) is 13.8. The molecule has 1 fully saturated rings. The quantitative estimate of drug-likeness (QED) is 0.608. The van der Waals surface area contributed by atoms with Crippen LogP contribution < -0.4 is 19.7 Å². The van der Waals surface area contributed by atoms with Crippen molar-refractivity contribution in [2.24, 2.45) is 5.92 Å². The summed E-state index contributed by atoms with van der Waals surface area (Å²) in [5, 5.41) is 3.73. The van der Waals surface area contributed by atoms with E-state index in [9.17, 15) is 4.79 Å². The van der Waals surface area contributed by atoms with Gasteiger partial charge in [0.25, 0.3) is 5.91 Å². The Kier molecular flexibility index (Phi) is 4.66. The fourth-order valence-corrected chi connectivity index (χ4v) is 5.19. The summed E-state index contributed by atoms with van der Waals surface area (Å²) < 4.78 is 16.3. The number of ether oxygens (including phenoxy) is 3. The van der Waals surface area contributed by atoms with Gasteiger partial charge in [-0.2, -0.15) is 0 Å². The Morgan fingerprint density at radius 1 is 1.00 bits per heavy atom. The predicted molar refractivity (Wildman–Crippen MR) is 115 cm³/mol. The number of rotatable bonds is 5. The van der Waals surface area contributed by atoms with E-state index in [1.165, 1.54) is 5.56 Å². The second-order valence-corrected chi connectivity index (χ2v) is 8.03. The van der Waals surface area contributed by atoms with Crippen LogP contribution in [0, 0.1) is 5.92 Å². The summed E-state index contributed by atoms with van der Waals surface area (Å²) in [7, 11) is 4.95. The van der Waals surface area contributed by atoms with E-state index in [0.717, 1.165) is 29.3 Å². The van der Waals surface area contributed by atoms with Crippen LogP contribution in [0.15, 0.2) is 54.6 Å². The Hall–Kier alpha value is -2.99. The number of methoxy groups -OCH3 is 3. The van der Waals surface area contributed by atoms with Gasteiger partial charge < -0.3 is 24.4 Å². The SMILES string of the molecule is COc1ccc(N2C(=O)[C@H](OC)[C@@H]2[C@H]2Nc3ccc(OC)cc3[C@H]3C=CC[C@@H]23)cc1. The first kappa shape index (κ1) is 19.0. The molecule has 1 N–H and O–H groups in total. The highest BCUT2D eigenvalue weighted by Crippen LogP contribution is 2.49. The van der Waals surface area contributed by atoms with Crippen molar-refractivity contribution in [2.45, 2.75) is 30.5 Å². The topological polar surface area (TPSA) is 60.0 Å². The molecule has 2 aromatic carbocycles. The molecule has 0 radical (unpaired) electrons. The summed E-state index contributed by atoms with van der Waals surface area (Å²) in [4.78, 5) is 14.8. The van der Waals surface area contributed by atoms with Gasteiger partial charge in [0.2, 0.25) is 0 Å². The molecular weight excluding hydrogens is 380 g/mol. The van der Waals surface area contributed by atoms with Crippen molar-refractivity contribution >= 4 is 17.3 Å². The number of benzene rings is 2. The maximum Gasteiger partial charge on any atom is 0.258 e. The van der Waals surface area contributed by atoms with Gasteiger partial charge >= 0.3 is 0 Å². The second kappa shape index (κ2) is 7.36. The van der Waals surface area contributed by atoms with Crippen molar-refractivity contribution in [2.75, 3.05) is 31.5 Å². The summed E-state index contributed by atoms with van der Waals surface area (Å²) in [5.41, 5.74) is 3.21. The third-order valence-electron chi connectivity index (χ3n) is 6.68. The molecule has 156 valence electrons. The molecule has 5 atom stereocenters. The Balaban J connectivity index is 1.51. The van der Waals surface area contributed by atoms with E-state index >= 15 is 0 Å². The third-order valence-corrected chi connectivity index (χ3v) is 6.68. The van der Waals surface area contributed by atoms with Crippen molar-refractivity contribution in [3.63, 3.8) is 0 Å². The molecule has 0 unspecified atom stereocenters. The number of hydrogen-bond acceptors (Lipinski definition) is 5. The normalized spacial score (nSPS) is 29.0. The summed E-state index contributed by atoms with van der Waals surface area (Å²) >= 11 is 0. The van der Waals surface area contributed by atoms with Gasteiger partial charge in [-0.15, -0.1) is 0 Å². The molecule has 3 aliphatic rings. The number of β-lactam (4-membered cyclic amide) rings is 1. The van der Waals surface area contributed by atoms with Crippen LogP contribution in [0.4, 0.5) is 11.4 Å².